The molecule has 1 amide bonds. The van der Waals surface area contributed by atoms with Crippen molar-refractivity contribution in [2.24, 2.45) is 5.41 Å². The Kier molecular flexibility index (Phi) is 3.61. The fourth-order valence-electron chi connectivity index (χ4n) is 2.16. The molecule has 0 atom stereocenters. The lowest BCUT2D eigenvalue weighted by Gasteiger charge is -2.19. The number of carboxylic acids is 1. The highest BCUT2D eigenvalue weighted by Crippen LogP contribution is 2.24. The van der Waals surface area contributed by atoms with Crippen LogP contribution in [0, 0.1) is 5.41 Å². The summed E-state index contributed by atoms with van der Waals surface area (Å²) in [6.45, 7) is 3.63. The Morgan fingerprint density at radius 3 is 2.70 bits per heavy atom. The number of rotatable bonds is 4. The van der Waals surface area contributed by atoms with E-state index in [1.165, 1.54) is 13.8 Å². The number of benzene rings is 1. The fourth-order valence-corrected chi connectivity index (χ4v) is 2.16. The molecule has 5 heteroatoms. The Morgan fingerprint density at radius 2 is 2.05 bits per heavy atom. The summed E-state index contributed by atoms with van der Waals surface area (Å²) in [6, 6.07) is 5.00. The molecule has 0 spiro atoms. The highest BCUT2D eigenvalue weighted by Gasteiger charge is 2.31. The number of aliphatic carboxylic acids is 1. The van der Waals surface area contributed by atoms with Gasteiger partial charge in [-0.1, -0.05) is 12.1 Å². The molecule has 1 heterocycles. The van der Waals surface area contributed by atoms with E-state index in [0.29, 0.717) is 17.7 Å². The lowest BCUT2D eigenvalue weighted by Crippen LogP contribution is -2.32. The van der Waals surface area contributed by atoms with Crippen LogP contribution in [0.2, 0.25) is 0 Å². The topological polar surface area (TPSA) is 83.5 Å². The molecule has 106 valence electrons. The van der Waals surface area contributed by atoms with Crippen LogP contribution in [0.15, 0.2) is 18.2 Å². The summed E-state index contributed by atoms with van der Waals surface area (Å²) in [6.07, 6.45) is 0.652. The lowest BCUT2D eigenvalue weighted by molar-refractivity contribution is -0.146. The summed E-state index contributed by atoms with van der Waals surface area (Å²) in [4.78, 5) is 35.0. The zero-order valence-corrected chi connectivity index (χ0v) is 11.5. The smallest absolute Gasteiger partial charge is 0.309 e. The molecule has 1 aliphatic rings. The van der Waals surface area contributed by atoms with Gasteiger partial charge in [-0.3, -0.25) is 14.4 Å². The molecule has 0 aromatic heterocycles. The van der Waals surface area contributed by atoms with Crippen molar-refractivity contribution in [2.75, 3.05) is 6.54 Å². The third-order valence-electron chi connectivity index (χ3n) is 3.54. The van der Waals surface area contributed by atoms with Crippen LogP contribution in [-0.2, 0) is 11.2 Å². The Bertz CT molecular complexity index is 590. The molecule has 0 radical (unpaired) electrons. The van der Waals surface area contributed by atoms with Crippen LogP contribution in [0.4, 0.5) is 0 Å². The lowest BCUT2D eigenvalue weighted by atomic mass is 9.85. The van der Waals surface area contributed by atoms with E-state index in [0.717, 1.165) is 12.0 Å². The minimum Gasteiger partial charge on any atom is -0.481 e. The van der Waals surface area contributed by atoms with E-state index in [1.807, 2.05) is 0 Å². The Balaban J connectivity index is 2.26. The number of ketones is 1. The van der Waals surface area contributed by atoms with Gasteiger partial charge in [0.1, 0.15) is 0 Å². The molecule has 2 rings (SSSR count). The number of carbonyl (C=O) groups is 3. The normalized spacial score (nSPS) is 14.4. The highest BCUT2D eigenvalue weighted by atomic mass is 16.4. The van der Waals surface area contributed by atoms with Crippen LogP contribution in [0.25, 0.3) is 0 Å². The number of Topliss-reactive ketones (excluding diaryl/α,β-unsaturated/α-hetero) is 1. The summed E-state index contributed by atoms with van der Waals surface area (Å²) >= 11 is 0. The number of hydrogen-bond donors (Lipinski definition) is 2. The van der Waals surface area contributed by atoms with Gasteiger partial charge in [0.2, 0.25) is 0 Å². The van der Waals surface area contributed by atoms with Crippen molar-refractivity contribution < 1.29 is 19.5 Å². The average molecular weight is 275 g/mol. The van der Waals surface area contributed by atoms with Gasteiger partial charge in [0.25, 0.3) is 5.91 Å². The Hall–Kier alpha value is -2.17. The van der Waals surface area contributed by atoms with Crippen LogP contribution in [0.3, 0.4) is 0 Å². The van der Waals surface area contributed by atoms with Crippen molar-refractivity contribution >= 4 is 17.7 Å². The van der Waals surface area contributed by atoms with Gasteiger partial charge in [-0.15, -0.1) is 0 Å². The molecule has 5 nitrogen and oxygen atoms in total. The summed E-state index contributed by atoms with van der Waals surface area (Å²) in [7, 11) is 0. The van der Waals surface area contributed by atoms with Gasteiger partial charge < -0.3 is 10.4 Å². The maximum Gasteiger partial charge on any atom is 0.309 e. The number of carbonyl (C=O) groups excluding carboxylic acids is 2. The van der Waals surface area contributed by atoms with Crippen molar-refractivity contribution in [3.05, 3.63) is 34.9 Å². The largest absolute Gasteiger partial charge is 0.481 e. The number of hydrogen-bond acceptors (Lipinski definition) is 3. The van der Waals surface area contributed by atoms with Crippen LogP contribution in [-0.4, -0.2) is 29.3 Å². The standard InChI is InChI=1S/C15H17NO4/c1-15(2,14(19)20)8-12(17)10-4-3-9-5-6-16-13(18)11(9)7-10/h3-4,7H,5-6,8H2,1-2H3,(H,16,18)(H,19,20). The zero-order valence-electron chi connectivity index (χ0n) is 11.5. The second kappa shape index (κ2) is 5.07. The molecule has 1 aromatic rings. The number of carboxylic acid groups (broad SMARTS) is 1. The Labute approximate surface area is 117 Å². The van der Waals surface area contributed by atoms with Crippen LogP contribution in [0.5, 0.6) is 0 Å². The van der Waals surface area contributed by atoms with Crippen molar-refractivity contribution in [1.29, 1.82) is 0 Å². The molecule has 0 unspecified atom stereocenters. The van der Waals surface area contributed by atoms with E-state index in [9.17, 15) is 14.4 Å². The van der Waals surface area contributed by atoms with Gasteiger partial charge in [-0.2, -0.15) is 0 Å². The van der Waals surface area contributed by atoms with Gasteiger partial charge in [0.15, 0.2) is 5.78 Å². The third kappa shape index (κ3) is 2.71. The second-order valence-electron chi connectivity index (χ2n) is 5.67. The molecule has 0 saturated carbocycles. The first kappa shape index (κ1) is 14.2. The predicted octanol–water partition coefficient (Wildman–Crippen LogP) is 1.66. The summed E-state index contributed by atoms with van der Waals surface area (Å²) in [5.74, 6) is -1.46. The summed E-state index contributed by atoms with van der Waals surface area (Å²) in [5, 5.41) is 11.8. The van der Waals surface area contributed by atoms with Gasteiger partial charge in [0, 0.05) is 24.1 Å². The molecule has 0 aliphatic carbocycles. The fraction of sp³-hybridized carbons (Fsp3) is 0.400. The molecule has 0 fully saturated rings. The molecular formula is C15H17NO4. The number of amides is 1. The van der Waals surface area contributed by atoms with Gasteiger partial charge in [-0.25, -0.2) is 0 Å². The van der Waals surface area contributed by atoms with E-state index in [-0.39, 0.29) is 18.1 Å². The van der Waals surface area contributed by atoms with Crippen molar-refractivity contribution in [3.8, 4) is 0 Å². The van der Waals surface area contributed by atoms with E-state index in [1.54, 1.807) is 18.2 Å². The molecule has 20 heavy (non-hydrogen) atoms. The highest BCUT2D eigenvalue weighted by molar-refractivity contribution is 6.03. The van der Waals surface area contributed by atoms with E-state index >= 15 is 0 Å². The quantitative estimate of drug-likeness (QED) is 0.818. The van der Waals surface area contributed by atoms with Crippen LogP contribution in [0.1, 0.15) is 46.5 Å². The summed E-state index contributed by atoms with van der Waals surface area (Å²) < 4.78 is 0. The maximum absolute atomic E-state index is 12.2. The van der Waals surface area contributed by atoms with Crippen molar-refractivity contribution in [1.82, 2.24) is 5.32 Å². The molecular weight excluding hydrogens is 258 g/mol. The van der Waals surface area contributed by atoms with Crippen LogP contribution >= 0.6 is 0 Å². The van der Waals surface area contributed by atoms with E-state index in [2.05, 4.69) is 5.32 Å². The number of nitrogens with one attached hydrogen (secondary N) is 1. The predicted molar refractivity (Wildman–Crippen MR) is 72.8 cm³/mol. The first-order chi connectivity index (χ1) is 9.31. The SMILES string of the molecule is CC(C)(CC(=O)c1ccc2c(c1)C(=O)NCC2)C(=O)O. The first-order valence-corrected chi connectivity index (χ1v) is 6.49. The number of fused-ring (bicyclic) bond motifs is 1. The first-order valence-electron chi connectivity index (χ1n) is 6.49. The van der Waals surface area contributed by atoms with Gasteiger partial charge in [-0.05, 0) is 31.9 Å². The maximum atomic E-state index is 12.2. The molecule has 2 N–H and O–H groups in total. The molecule has 0 saturated heterocycles. The minimum atomic E-state index is -1.12. The van der Waals surface area contributed by atoms with Crippen LogP contribution < -0.4 is 5.32 Å². The third-order valence-corrected chi connectivity index (χ3v) is 3.54. The summed E-state index contributed by atoms with van der Waals surface area (Å²) in [5.41, 5.74) is 0.697. The molecule has 1 aromatic carbocycles. The minimum absolute atomic E-state index is 0.0945. The zero-order chi connectivity index (χ0) is 14.9. The van der Waals surface area contributed by atoms with E-state index < -0.39 is 11.4 Å². The van der Waals surface area contributed by atoms with Crippen molar-refractivity contribution in [2.45, 2.75) is 26.7 Å². The van der Waals surface area contributed by atoms with E-state index in [4.69, 9.17) is 5.11 Å². The Morgan fingerprint density at radius 1 is 1.35 bits per heavy atom. The van der Waals surface area contributed by atoms with Crippen molar-refractivity contribution in [3.63, 3.8) is 0 Å². The van der Waals surface area contributed by atoms with Gasteiger partial charge >= 0.3 is 5.97 Å². The molecule has 0 bridgehead atoms. The molecule has 1 aliphatic heterocycles. The van der Waals surface area contributed by atoms with Gasteiger partial charge in [0.05, 0.1) is 5.41 Å². The average Bonchev–Trinajstić information content (AvgIpc) is 2.38. The second-order valence-corrected chi connectivity index (χ2v) is 5.67. The monoisotopic (exact) mass is 275 g/mol.